The van der Waals surface area contributed by atoms with Crippen molar-refractivity contribution in [3.63, 3.8) is 0 Å². The SMILES string of the molecule is CN(Cc1ccc(OC(F)(F)F)cc1)C[C@H](O)Cn1cccn1. The monoisotopic (exact) mass is 329 g/mol. The van der Waals surface area contributed by atoms with Gasteiger partial charge in [-0.15, -0.1) is 13.2 Å². The van der Waals surface area contributed by atoms with Crippen molar-refractivity contribution in [3.05, 3.63) is 48.3 Å². The quantitative estimate of drug-likeness (QED) is 0.847. The first-order chi connectivity index (χ1) is 10.8. The van der Waals surface area contributed by atoms with E-state index in [1.807, 2.05) is 11.9 Å². The van der Waals surface area contributed by atoms with Crippen molar-refractivity contribution in [3.8, 4) is 5.75 Å². The molecule has 0 aliphatic carbocycles. The number of nitrogens with zero attached hydrogens (tertiary/aromatic N) is 3. The summed E-state index contributed by atoms with van der Waals surface area (Å²) in [6.07, 6.45) is -1.87. The third-order valence-electron chi connectivity index (χ3n) is 3.09. The van der Waals surface area contributed by atoms with E-state index < -0.39 is 12.5 Å². The van der Waals surface area contributed by atoms with Crippen LogP contribution in [0.2, 0.25) is 0 Å². The molecule has 5 nitrogen and oxygen atoms in total. The zero-order chi connectivity index (χ0) is 16.9. The molecule has 0 spiro atoms. The lowest BCUT2D eigenvalue weighted by atomic mass is 10.2. The summed E-state index contributed by atoms with van der Waals surface area (Å²) in [7, 11) is 1.83. The van der Waals surface area contributed by atoms with E-state index in [0.717, 1.165) is 5.56 Å². The van der Waals surface area contributed by atoms with Gasteiger partial charge < -0.3 is 9.84 Å². The topological polar surface area (TPSA) is 50.5 Å². The Labute approximate surface area is 131 Å². The maximum atomic E-state index is 12.1. The van der Waals surface area contributed by atoms with Gasteiger partial charge in [-0.25, -0.2) is 0 Å². The lowest BCUT2D eigenvalue weighted by molar-refractivity contribution is -0.274. The predicted molar refractivity (Wildman–Crippen MR) is 77.7 cm³/mol. The number of hydrogen-bond acceptors (Lipinski definition) is 4. The molecule has 8 heteroatoms. The second-order valence-electron chi connectivity index (χ2n) is 5.27. The van der Waals surface area contributed by atoms with Crippen LogP contribution in [0.15, 0.2) is 42.7 Å². The van der Waals surface area contributed by atoms with Crippen molar-refractivity contribution >= 4 is 0 Å². The van der Waals surface area contributed by atoms with E-state index in [1.54, 1.807) is 35.3 Å². The summed E-state index contributed by atoms with van der Waals surface area (Å²) in [5, 5.41) is 14.0. The van der Waals surface area contributed by atoms with E-state index in [9.17, 15) is 18.3 Å². The molecular weight excluding hydrogens is 311 g/mol. The Kier molecular flexibility index (Phi) is 5.62. The number of likely N-dealkylation sites (N-methyl/N-ethyl adjacent to an activating group) is 1. The number of halogens is 3. The van der Waals surface area contributed by atoms with E-state index >= 15 is 0 Å². The van der Waals surface area contributed by atoms with Gasteiger partial charge in [0.1, 0.15) is 5.75 Å². The van der Waals surface area contributed by atoms with Crippen molar-refractivity contribution in [1.29, 1.82) is 0 Å². The molecule has 23 heavy (non-hydrogen) atoms. The Bertz CT molecular complexity index is 585. The van der Waals surface area contributed by atoms with Gasteiger partial charge in [0.05, 0.1) is 12.6 Å². The average molecular weight is 329 g/mol. The molecule has 1 atom stereocenters. The van der Waals surface area contributed by atoms with Crippen molar-refractivity contribution in [1.82, 2.24) is 14.7 Å². The Hall–Kier alpha value is -2.06. The highest BCUT2D eigenvalue weighted by molar-refractivity contribution is 5.27. The van der Waals surface area contributed by atoms with Crippen molar-refractivity contribution < 1.29 is 23.0 Å². The minimum Gasteiger partial charge on any atom is -0.406 e. The Morgan fingerprint density at radius 1 is 1.30 bits per heavy atom. The van der Waals surface area contributed by atoms with Crippen LogP contribution in [-0.4, -0.2) is 45.8 Å². The maximum Gasteiger partial charge on any atom is 0.573 e. The molecule has 1 heterocycles. The minimum absolute atomic E-state index is 0.248. The summed E-state index contributed by atoms with van der Waals surface area (Å²) in [6, 6.07) is 7.46. The minimum atomic E-state index is -4.69. The highest BCUT2D eigenvalue weighted by atomic mass is 19.4. The fourth-order valence-electron chi connectivity index (χ4n) is 2.21. The fourth-order valence-corrected chi connectivity index (χ4v) is 2.21. The lowest BCUT2D eigenvalue weighted by Gasteiger charge is -2.20. The van der Waals surface area contributed by atoms with Gasteiger partial charge in [-0.1, -0.05) is 12.1 Å². The zero-order valence-corrected chi connectivity index (χ0v) is 12.6. The van der Waals surface area contributed by atoms with Gasteiger partial charge in [-0.05, 0) is 30.8 Å². The van der Waals surface area contributed by atoms with Crippen molar-refractivity contribution in [2.45, 2.75) is 25.6 Å². The number of hydrogen-bond donors (Lipinski definition) is 1. The van der Waals surface area contributed by atoms with Crippen molar-refractivity contribution in [2.75, 3.05) is 13.6 Å². The molecule has 1 aromatic heterocycles. The second kappa shape index (κ2) is 7.47. The highest BCUT2D eigenvalue weighted by Crippen LogP contribution is 2.22. The molecule has 0 fully saturated rings. The number of rotatable bonds is 7. The van der Waals surface area contributed by atoms with Gasteiger partial charge >= 0.3 is 6.36 Å². The van der Waals surface area contributed by atoms with Gasteiger partial charge in [0, 0.05) is 25.5 Å². The Morgan fingerprint density at radius 2 is 2.00 bits per heavy atom. The third-order valence-corrected chi connectivity index (χ3v) is 3.09. The summed E-state index contributed by atoms with van der Waals surface area (Å²) >= 11 is 0. The zero-order valence-electron chi connectivity index (χ0n) is 12.6. The number of aliphatic hydroxyl groups is 1. The molecule has 2 rings (SSSR count). The van der Waals surface area contributed by atoms with Crippen LogP contribution in [0.3, 0.4) is 0 Å². The number of aromatic nitrogens is 2. The van der Waals surface area contributed by atoms with E-state index in [2.05, 4.69) is 9.84 Å². The molecule has 1 N–H and O–H groups in total. The Morgan fingerprint density at radius 3 is 2.57 bits per heavy atom. The summed E-state index contributed by atoms with van der Waals surface area (Å²) < 4.78 is 41.7. The first kappa shape index (κ1) is 17.3. The molecule has 0 saturated carbocycles. The molecule has 126 valence electrons. The third kappa shape index (κ3) is 6.29. The number of ether oxygens (including phenoxy) is 1. The van der Waals surface area contributed by atoms with Crippen LogP contribution in [0.1, 0.15) is 5.56 Å². The molecular formula is C15H18F3N3O2. The van der Waals surface area contributed by atoms with E-state index in [4.69, 9.17) is 0 Å². The first-order valence-electron chi connectivity index (χ1n) is 7.00. The van der Waals surface area contributed by atoms with Gasteiger partial charge in [0.25, 0.3) is 0 Å². The molecule has 0 amide bonds. The van der Waals surface area contributed by atoms with Gasteiger partial charge in [-0.3, -0.25) is 9.58 Å². The maximum absolute atomic E-state index is 12.1. The van der Waals surface area contributed by atoms with E-state index in [-0.39, 0.29) is 5.75 Å². The Balaban J connectivity index is 1.81. The average Bonchev–Trinajstić information content (AvgIpc) is 2.91. The smallest absolute Gasteiger partial charge is 0.406 e. The molecule has 2 aromatic rings. The standard InChI is InChI=1S/C15H18F3N3O2/c1-20(10-13(22)11-21-8-2-7-19-21)9-12-3-5-14(6-4-12)23-15(16,17)18/h2-8,13,22H,9-11H2,1H3/t13-/m0/s1. The normalized spacial score (nSPS) is 13.3. The fraction of sp³-hybridized carbons (Fsp3) is 0.400. The van der Waals surface area contributed by atoms with Crippen LogP contribution in [0.25, 0.3) is 0 Å². The molecule has 0 unspecified atom stereocenters. The molecule has 0 bridgehead atoms. The summed E-state index contributed by atoms with van der Waals surface area (Å²) in [6.45, 7) is 1.30. The van der Waals surface area contributed by atoms with Crippen LogP contribution in [0, 0.1) is 0 Å². The molecule has 0 saturated heterocycles. The first-order valence-corrected chi connectivity index (χ1v) is 7.00. The van der Waals surface area contributed by atoms with E-state index in [0.29, 0.717) is 19.6 Å². The summed E-state index contributed by atoms with van der Waals surface area (Å²) in [5.41, 5.74) is 0.827. The highest BCUT2D eigenvalue weighted by Gasteiger charge is 2.30. The van der Waals surface area contributed by atoms with Crippen molar-refractivity contribution in [2.24, 2.45) is 0 Å². The molecule has 0 aliphatic heterocycles. The molecule has 0 aliphatic rings. The number of aliphatic hydroxyl groups excluding tert-OH is 1. The van der Waals surface area contributed by atoms with Crippen LogP contribution in [0.4, 0.5) is 13.2 Å². The second-order valence-corrected chi connectivity index (χ2v) is 5.27. The van der Waals surface area contributed by atoms with Crippen LogP contribution in [-0.2, 0) is 13.1 Å². The van der Waals surface area contributed by atoms with Crippen LogP contribution in [0.5, 0.6) is 5.75 Å². The molecule has 1 aromatic carbocycles. The number of benzene rings is 1. The lowest BCUT2D eigenvalue weighted by Crippen LogP contribution is -2.31. The van der Waals surface area contributed by atoms with Gasteiger partial charge in [-0.2, -0.15) is 5.10 Å². The summed E-state index contributed by atoms with van der Waals surface area (Å²) in [5.74, 6) is -0.248. The predicted octanol–water partition coefficient (Wildman–Crippen LogP) is 2.27. The summed E-state index contributed by atoms with van der Waals surface area (Å²) in [4.78, 5) is 1.88. The largest absolute Gasteiger partial charge is 0.573 e. The number of alkyl halides is 3. The van der Waals surface area contributed by atoms with Crippen LogP contribution >= 0.6 is 0 Å². The van der Waals surface area contributed by atoms with E-state index in [1.165, 1.54) is 12.1 Å². The molecule has 0 radical (unpaired) electrons. The van der Waals surface area contributed by atoms with Crippen LogP contribution < -0.4 is 4.74 Å². The van der Waals surface area contributed by atoms with Gasteiger partial charge in [0.15, 0.2) is 0 Å². The van der Waals surface area contributed by atoms with Gasteiger partial charge in [0.2, 0.25) is 0 Å².